The fraction of sp³-hybridized carbons (Fsp3) is 0.278. The van der Waals surface area contributed by atoms with E-state index < -0.39 is 0 Å². The van der Waals surface area contributed by atoms with Gasteiger partial charge < -0.3 is 10.6 Å². The van der Waals surface area contributed by atoms with E-state index in [1.54, 1.807) is 18.2 Å². The summed E-state index contributed by atoms with van der Waals surface area (Å²) in [5.74, 6) is -0.0178. The minimum Gasteiger partial charge on any atom is -0.399 e. The van der Waals surface area contributed by atoms with Crippen LogP contribution in [0.25, 0.3) is 0 Å². The topological polar surface area (TPSA) is 46.3 Å². The number of aryl methyl sites for hydroxylation is 1. The number of amides is 1. The molecule has 1 aliphatic heterocycles. The molecule has 114 valence electrons. The Bertz CT molecular complexity index is 714. The van der Waals surface area contributed by atoms with Gasteiger partial charge in [0.05, 0.1) is 16.6 Å². The number of carbonyl (C=O) groups excluding carboxylic acids is 1. The average molecular weight is 315 g/mol. The van der Waals surface area contributed by atoms with E-state index in [9.17, 15) is 4.79 Å². The number of anilines is 1. The van der Waals surface area contributed by atoms with Crippen molar-refractivity contribution in [2.45, 2.75) is 25.8 Å². The van der Waals surface area contributed by atoms with Crippen LogP contribution in [0.4, 0.5) is 5.69 Å². The summed E-state index contributed by atoms with van der Waals surface area (Å²) in [6, 6.07) is 13.4. The van der Waals surface area contributed by atoms with E-state index in [1.165, 1.54) is 11.1 Å². The van der Waals surface area contributed by atoms with Gasteiger partial charge in [0.15, 0.2) is 0 Å². The van der Waals surface area contributed by atoms with Crippen molar-refractivity contribution in [3.05, 3.63) is 64.2 Å². The van der Waals surface area contributed by atoms with Crippen molar-refractivity contribution in [2.75, 3.05) is 12.3 Å². The maximum absolute atomic E-state index is 12.9. The Morgan fingerprint density at radius 2 is 2.05 bits per heavy atom. The quantitative estimate of drug-likeness (QED) is 0.844. The van der Waals surface area contributed by atoms with Crippen molar-refractivity contribution in [1.29, 1.82) is 0 Å². The Labute approximate surface area is 135 Å². The van der Waals surface area contributed by atoms with E-state index in [0.717, 1.165) is 19.4 Å². The maximum atomic E-state index is 12.9. The molecule has 1 amide bonds. The van der Waals surface area contributed by atoms with E-state index in [-0.39, 0.29) is 11.9 Å². The lowest BCUT2D eigenvalue weighted by Crippen LogP contribution is -2.31. The summed E-state index contributed by atoms with van der Waals surface area (Å²) in [4.78, 5) is 14.8. The number of hydrogen-bond acceptors (Lipinski definition) is 2. The predicted molar refractivity (Wildman–Crippen MR) is 90.1 cm³/mol. The highest BCUT2D eigenvalue weighted by Crippen LogP contribution is 2.35. The number of benzene rings is 2. The SMILES string of the molecule is Cc1ccccc1C1CCCN1C(=O)c1ccc(N)cc1Cl. The third-order valence-electron chi connectivity index (χ3n) is 4.28. The van der Waals surface area contributed by atoms with Crippen molar-refractivity contribution in [1.82, 2.24) is 4.90 Å². The molecule has 2 N–H and O–H groups in total. The molecule has 3 rings (SSSR count). The van der Waals surface area contributed by atoms with Crippen LogP contribution in [0.2, 0.25) is 5.02 Å². The van der Waals surface area contributed by atoms with Gasteiger partial charge in [-0.15, -0.1) is 0 Å². The van der Waals surface area contributed by atoms with Crippen LogP contribution in [-0.2, 0) is 0 Å². The Kier molecular flexibility index (Phi) is 4.08. The molecule has 0 spiro atoms. The molecule has 1 saturated heterocycles. The smallest absolute Gasteiger partial charge is 0.255 e. The fourth-order valence-corrected chi connectivity index (χ4v) is 3.42. The number of hydrogen-bond donors (Lipinski definition) is 1. The molecular formula is C18H19ClN2O. The zero-order valence-electron chi connectivity index (χ0n) is 12.6. The molecule has 3 nitrogen and oxygen atoms in total. The van der Waals surface area contributed by atoms with Crippen LogP contribution in [0.3, 0.4) is 0 Å². The highest BCUT2D eigenvalue weighted by atomic mass is 35.5. The summed E-state index contributed by atoms with van der Waals surface area (Å²) in [6.45, 7) is 2.85. The molecule has 2 aromatic carbocycles. The van der Waals surface area contributed by atoms with Gasteiger partial charge in [-0.2, -0.15) is 0 Å². The normalized spacial score (nSPS) is 17.7. The maximum Gasteiger partial charge on any atom is 0.255 e. The number of likely N-dealkylation sites (tertiary alicyclic amines) is 1. The Morgan fingerprint density at radius 3 is 2.77 bits per heavy atom. The van der Waals surface area contributed by atoms with Gasteiger partial charge in [-0.3, -0.25) is 4.79 Å². The van der Waals surface area contributed by atoms with E-state index in [2.05, 4.69) is 19.1 Å². The fourth-order valence-electron chi connectivity index (χ4n) is 3.15. The van der Waals surface area contributed by atoms with Gasteiger partial charge in [0.25, 0.3) is 5.91 Å². The molecular weight excluding hydrogens is 296 g/mol. The molecule has 1 heterocycles. The number of rotatable bonds is 2. The van der Waals surface area contributed by atoms with Crippen molar-refractivity contribution in [3.8, 4) is 0 Å². The Hall–Kier alpha value is -2.00. The van der Waals surface area contributed by atoms with Crippen molar-refractivity contribution in [3.63, 3.8) is 0 Å². The van der Waals surface area contributed by atoms with Crippen LogP contribution in [0, 0.1) is 6.92 Å². The largest absolute Gasteiger partial charge is 0.399 e. The minimum absolute atomic E-state index is 0.0178. The number of nitrogens with two attached hydrogens (primary N) is 1. The summed E-state index contributed by atoms with van der Waals surface area (Å²) < 4.78 is 0. The highest BCUT2D eigenvalue weighted by molar-refractivity contribution is 6.34. The molecule has 2 aromatic rings. The summed E-state index contributed by atoms with van der Waals surface area (Å²) in [6.07, 6.45) is 2.00. The second-order valence-corrected chi connectivity index (χ2v) is 6.16. The van der Waals surface area contributed by atoms with Gasteiger partial charge in [-0.1, -0.05) is 35.9 Å². The van der Waals surface area contributed by atoms with Crippen LogP contribution >= 0.6 is 11.6 Å². The van der Waals surface area contributed by atoms with Crippen LogP contribution in [0.1, 0.15) is 40.4 Å². The van der Waals surface area contributed by atoms with E-state index in [4.69, 9.17) is 17.3 Å². The zero-order chi connectivity index (χ0) is 15.7. The van der Waals surface area contributed by atoms with Crippen LogP contribution in [0.5, 0.6) is 0 Å². The van der Waals surface area contributed by atoms with Gasteiger partial charge in [0, 0.05) is 12.2 Å². The second kappa shape index (κ2) is 6.01. The van der Waals surface area contributed by atoms with Crippen molar-refractivity contribution < 1.29 is 4.79 Å². The monoisotopic (exact) mass is 314 g/mol. The molecule has 1 unspecified atom stereocenters. The predicted octanol–water partition coefficient (Wildman–Crippen LogP) is 4.21. The molecule has 22 heavy (non-hydrogen) atoms. The van der Waals surface area contributed by atoms with E-state index in [1.807, 2.05) is 17.0 Å². The molecule has 1 atom stereocenters. The molecule has 4 heteroatoms. The summed E-state index contributed by atoms with van der Waals surface area (Å²) in [5, 5.41) is 0.417. The molecule has 0 aliphatic carbocycles. The molecule has 0 bridgehead atoms. The van der Waals surface area contributed by atoms with Crippen LogP contribution in [0.15, 0.2) is 42.5 Å². The van der Waals surface area contributed by atoms with E-state index in [0.29, 0.717) is 16.3 Å². The first-order valence-corrected chi connectivity index (χ1v) is 7.87. The highest BCUT2D eigenvalue weighted by Gasteiger charge is 2.32. The second-order valence-electron chi connectivity index (χ2n) is 5.75. The van der Waals surface area contributed by atoms with Gasteiger partial charge in [0.2, 0.25) is 0 Å². The van der Waals surface area contributed by atoms with Crippen molar-refractivity contribution in [2.24, 2.45) is 0 Å². The molecule has 0 saturated carbocycles. The zero-order valence-corrected chi connectivity index (χ0v) is 13.3. The molecule has 1 aliphatic rings. The number of carbonyl (C=O) groups is 1. The summed E-state index contributed by atoms with van der Waals surface area (Å²) >= 11 is 6.20. The Balaban J connectivity index is 1.93. The van der Waals surface area contributed by atoms with Gasteiger partial charge >= 0.3 is 0 Å². The first-order valence-electron chi connectivity index (χ1n) is 7.49. The van der Waals surface area contributed by atoms with E-state index >= 15 is 0 Å². The van der Waals surface area contributed by atoms with Gasteiger partial charge in [0.1, 0.15) is 0 Å². The third-order valence-corrected chi connectivity index (χ3v) is 4.60. The average Bonchev–Trinajstić information content (AvgIpc) is 2.96. The summed E-state index contributed by atoms with van der Waals surface area (Å²) in [7, 11) is 0. The van der Waals surface area contributed by atoms with Crippen LogP contribution < -0.4 is 5.73 Å². The number of nitrogen functional groups attached to an aromatic ring is 1. The number of nitrogens with zero attached hydrogens (tertiary/aromatic N) is 1. The summed E-state index contributed by atoms with van der Waals surface area (Å²) in [5.41, 5.74) is 9.24. The molecule has 1 fully saturated rings. The molecule has 0 aromatic heterocycles. The lowest BCUT2D eigenvalue weighted by atomic mass is 9.99. The lowest BCUT2D eigenvalue weighted by Gasteiger charge is -2.26. The first kappa shape index (κ1) is 14.9. The third kappa shape index (κ3) is 2.69. The van der Waals surface area contributed by atoms with Gasteiger partial charge in [-0.25, -0.2) is 0 Å². The lowest BCUT2D eigenvalue weighted by molar-refractivity contribution is 0.0735. The van der Waals surface area contributed by atoms with Gasteiger partial charge in [-0.05, 0) is 49.1 Å². The Morgan fingerprint density at radius 1 is 1.27 bits per heavy atom. The standard InChI is InChI=1S/C18H19ClN2O/c1-12-5-2-3-6-14(12)17-7-4-10-21(17)18(22)15-9-8-13(20)11-16(15)19/h2-3,5-6,8-9,11,17H,4,7,10,20H2,1H3. The van der Waals surface area contributed by atoms with Crippen molar-refractivity contribution >= 4 is 23.2 Å². The first-order chi connectivity index (χ1) is 10.6. The number of halogens is 1. The molecule has 0 radical (unpaired) electrons. The minimum atomic E-state index is -0.0178. The van der Waals surface area contributed by atoms with Crippen LogP contribution in [-0.4, -0.2) is 17.4 Å².